The lowest BCUT2D eigenvalue weighted by atomic mass is 10.0. The highest BCUT2D eigenvalue weighted by molar-refractivity contribution is 6.17. The first-order valence-corrected chi connectivity index (χ1v) is 8.58. The van der Waals surface area contributed by atoms with Crippen LogP contribution in [0, 0.1) is 5.92 Å². The highest BCUT2D eigenvalue weighted by atomic mass is 35.5. The predicted molar refractivity (Wildman–Crippen MR) is 98.4 cm³/mol. The molecule has 0 saturated heterocycles. The summed E-state index contributed by atoms with van der Waals surface area (Å²) in [4.78, 5) is 12.7. The fraction of sp³-hybridized carbons (Fsp3) is 0.250. The summed E-state index contributed by atoms with van der Waals surface area (Å²) in [5.74, 6) is 1.34. The van der Waals surface area contributed by atoms with Gasteiger partial charge in [-0.2, -0.15) is 0 Å². The van der Waals surface area contributed by atoms with E-state index in [1.165, 1.54) is 0 Å². The minimum atomic E-state index is -0.106. The Balaban J connectivity index is 2.08. The topological polar surface area (TPSA) is 42.2 Å². The van der Waals surface area contributed by atoms with E-state index in [4.69, 9.17) is 16.0 Å². The van der Waals surface area contributed by atoms with Gasteiger partial charge in [0.25, 0.3) is 5.91 Å². The fourth-order valence-corrected chi connectivity index (χ4v) is 2.78. The molecule has 0 saturated carbocycles. The Morgan fingerprint density at radius 2 is 1.83 bits per heavy atom. The first-order chi connectivity index (χ1) is 11.6. The summed E-state index contributed by atoms with van der Waals surface area (Å²) in [5.41, 5.74) is 3.20. The Kier molecular flexibility index (Phi) is 4.91. The van der Waals surface area contributed by atoms with Gasteiger partial charge >= 0.3 is 0 Å². The number of hydrogen-bond donors (Lipinski definition) is 1. The number of furan rings is 1. The van der Waals surface area contributed by atoms with Crippen molar-refractivity contribution in [1.82, 2.24) is 5.32 Å². The predicted octanol–water partition coefficient (Wildman–Crippen LogP) is 5.22. The number of halogens is 1. The van der Waals surface area contributed by atoms with E-state index >= 15 is 0 Å². The van der Waals surface area contributed by atoms with Crippen molar-refractivity contribution >= 4 is 28.5 Å². The van der Waals surface area contributed by atoms with Crippen LogP contribution >= 0.6 is 11.6 Å². The second kappa shape index (κ2) is 7.10. The van der Waals surface area contributed by atoms with Crippen molar-refractivity contribution in [2.45, 2.75) is 19.7 Å². The second-order valence-corrected chi connectivity index (χ2v) is 6.50. The maximum atomic E-state index is 12.7. The van der Waals surface area contributed by atoms with Crippen molar-refractivity contribution < 1.29 is 9.21 Å². The molecule has 3 rings (SSSR count). The van der Waals surface area contributed by atoms with Gasteiger partial charge in [-0.25, -0.2) is 0 Å². The molecule has 1 heterocycles. The number of rotatable bonds is 5. The highest BCUT2D eigenvalue weighted by Gasteiger charge is 2.21. The number of amides is 1. The zero-order valence-electron chi connectivity index (χ0n) is 13.8. The average molecular weight is 342 g/mol. The van der Waals surface area contributed by atoms with Gasteiger partial charge in [0.2, 0.25) is 0 Å². The number of carbonyl (C=O) groups is 1. The molecule has 0 unspecified atom stereocenters. The van der Waals surface area contributed by atoms with Crippen LogP contribution in [0.5, 0.6) is 0 Å². The van der Waals surface area contributed by atoms with Crippen LogP contribution in [0.1, 0.15) is 29.8 Å². The van der Waals surface area contributed by atoms with Gasteiger partial charge in [-0.1, -0.05) is 56.3 Å². The minimum absolute atomic E-state index is 0.106. The molecule has 0 spiro atoms. The lowest BCUT2D eigenvalue weighted by Crippen LogP contribution is -2.27. The molecule has 0 aliphatic carbocycles. The number of nitrogens with one attached hydrogen (secondary N) is 1. The Hall–Kier alpha value is -2.26. The van der Waals surface area contributed by atoms with Crippen LogP contribution in [0.3, 0.4) is 0 Å². The molecular formula is C20H20ClNO2. The lowest BCUT2D eigenvalue weighted by Gasteiger charge is -2.08. The maximum absolute atomic E-state index is 12.7. The zero-order valence-corrected chi connectivity index (χ0v) is 14.6. The van der Waals surface area contributed by atoms with Crippen LogP contribution in [0.25, 0.3) is 22.3 Å². The van der Waals surface area contributed by atoms with Crippen molar-refractivity contribution in [3.05, 3.63) is 59.7 Å². The molecule has 1 N–H and O–H groups in total. The van der Waals surface area contributed by atoms with Crippen LogP contribution in [0.2, 0.25) is 0 Å². The maximum Gasteiger partial charge on any atom is 0.255 e. The molecule has 124 valence electrons. The molecular weight excluding hydrogens is 322 g/mol. The summed E-state index contributed by atoms with van der Waals surface area (Å²) in [7, 11) is 0. The Bertz CT molecular complexity index is 850. The average Bonchev–Trinajstić information content (AvgIpc) is 2.99. The van der Waals surface area contributed by atoms with E-state index < -0.39 is 0 Å². The number of alkyl halides is 1. The van der Waals surface area contributed by atoms with Gasteiger partial charge in [0, 0.05) is 23.4 Å². The minimum Gasteiger partial charge on any atom is -0.455 e. The van der Waals surface area contributed by atoms with E-state index in [0.717, 1.165) is 16.5 Å². The van der Waals surface area contributed by atoms with Crippen molar-refractivity contribution in [2.75, 3.05) is 6.54 Å². The summed E-state index contributed by atoms with van der Waals surface area (Å²) in [6.45, 7) is 4.77. The van der Waals surface area contributed by atoms with Gasteiger partial charge in [-0.15, -0.1) is 11.6 Å². The van der Waals surface area contributed by atoms with Gasteiger partial charge in [-0.05, 0) is 17.5 Å². The molecule has 0 fully saturated rings. The number of hydrogen-bond acceptors (Lipinski definition) is 2. The molecule has 0 aliphatic rings. The normalized spacial score (nSPS) is 11.2. The molecule has 0 radical (unpaired) electrons. The fourth-order valence-electron chi connectivity index (χ4n) is 2.60. The van der Waals surface area contributed by atoms with Crippen molar-refractivity contribution in [3.8, 4) is 11.3 Å². The van der Waals surface area contributed by atoms with Crippen LogP contribution in [-0.2, 0) is 5.88 Å². The SMILES string of the molecule is CC(C)CNC(=O)c1c(-c2ccc(CCl)cc2)oc2ccccc12. The third-order valence-electron chi connectivity index (χ3n) is 3.86. The largest absolute Gasteiger partial charge is 0.455 e. The third-order valence-corrected chi connectivity index (χ3v) is 4.17. The molecule has 1 aromatic heterocycles. The Morgan fingerprint density at radius 1 is 1.12 bits per heavy atom. The highest BCUT2D eigenvalue weighted by Crippen LogP contribution is 2.33. The summed E-state index contributed by atoms with van der Waals surface area (Å²) < 4.78 is 5.99. The summed E-state index contributed by atoms with van der Waals surface area (Å²) in [5, 5.41) is 3.82. The number of para-hydroxylation sites is 1. The first-order valence-electron chi connectivity index (χ1n) is 8.05. The summed E-state index contributed by atoms with van der Waals surface area (Å²) in [6, 6.07) is 15.4. The molecule has 1 amide bonds. The molecule has 3 nitrogen and oxygen atoms in total. The summed E-state index contributed by atoms with van der Waals surface area (Å²) >= 11 is 5.85. The Labute approximate surface area is 146 Å². The van der Waals surface area contributed by atoms with Crippen LogP contribution in [-0.4, -0.2) is 12.5 Å². The van der Waals surface area contributed by atoms with Crippen molar-refractivity contribution in [2.24, 2.45) is 5.92 Å². The second-order valence-electron chi connectivity index (χ2n) is 6.24. The van der Waals surface area contributed by atoms with Gasteiger partial charge < -0.3 is 9.73 Å². The van der Waals surface area contributed by atoms with Crippen LogP contribution in [0.15, 0.2) is 52.9 Å². The molecule has 0 bridgehead atoms. The van der Waals surface area contributed by atoms with E-state index in [1.54, 1.807) is 0 Å². The van der Waals surface area contributed by atoms with Crippen LogP contribution < -0.4 is 5.32 Å². The quantitative estimate of drug-likeness (QED) is 0.646. The number of carbonyl (C=O) groups excluding carboxylic acids is 1. The molecule has 4 heteroatoms. The molecule has 24 heavy (non-hydrogen) atoms. The van der Waals surface area contributed by atoms with Crippen molar-refractivity contribution in [1.29, 1.82) is 0 Å². The molecule has 0 aliphatic heterocycles. The van der Waals surface area contributed by atoms with Gasteiger partial charge in [0.15, 0.2) is 0 Å². The molecule has 3 aromatic rings. The standard InChI is InChI=1S/C20H20ClNO2/c1-13(2)12-22-20(23)18-16-5-3-4-6-17(16)24-19(18)15-9-7-14(11-21)8-10-15/h3-10,13H,11-12H2,1-2H3,(H,22,23). The summed E-state index contributed by atoms with van der Waals surface area (Å²) in [6.07, 6.45) is 0. The number of fused-ring (bicyclic) bond motifs is 1. The van der Waals surface area contributed by atoms with Gasteiger partial charge in [0.1, 0.15) is 11.3 Å². The molecule has 2 aromatic carbocycles. The van der Waals surface area contributed by atoms with Crippen LogP contribution in [0.4, 0.5) is 0 Å². The van der Waals surface area contributed by atoms with Gasteiger partial charge in [0.05, 0.1) is 5.56 Å². The van der Waals surface area contributed by atoms with Gasteiger partial charge in [-0.3, -0.25) is 4.79 Å². The third kappa shape index (κ3) is 3.31. The monoisotopic (exact) mass is 341 g/mol. The Morgan fingerprint density at radius 3 is 2.50 bits per heavy atom. The van der Waals surface area contributed by atoms with E-state index in [9.17, 15) is 4.79 Å². The zero-order chi connectivity index (χ0) is 17.1. The smallest absolute Gasteiger partial charge is 0.255 e. The van der Waals surface area contributed by atoms with E-state index in [1.807, 2.05) is 48.5 Å². The molecule has 0 atom stereocenters. The van der Waals surface area contributed by atoms with E-state index in [-0.39, 0.29) is 5.91 Å². The first kappa shape index (κ1) is 16.6. The van der Waals surface area contributed by atoms with Crippen molar-refractivity contribution in [3.63, 3.8) is 0 Å². The van der Waals surface area contributed by atoms with E-state index in [2.05, 4.69) is 19.2 Å². The lowest BCUT2D eigenvalue weighted by molar-refractivity contribution is 0.0950. The number of benzene rings is 2. The van der Waals surface area contributed by atoms with E-state index in [0.29, 0.717) is 35.2 Å².